The molecule has 0 aromatic carbocycles. The third-order valence-electron chi connectivity index (χ3n) is 2.01. The summed E-state index contributed by atoms with van der Waals surface area (Å²) in [6, 6.07) is 0. The van der Waals surface area contributed by atoms with Crippen molar-refractivity contribution in [1.82, 2.24) is 4.90 Å². The van der Waals surface area contributed by atoms with Crippen LogP contribution >= 0.6 is 0 Å². The van der Waals surface area contributed by atoms with E-state index in [-0.39, 0.29) is 18.9 Å². The lowest BCUT2D eigenvalue weighted by Crippen LogP contribution is -2.33. The van der Waals surface area contributed by atoms with E-state index in [0.717, 1.165) is 4.90 Å². The van der Waals surface area contributed by atoms with Crippen LogP contribution in [0.1, 0.15) is 19.8 Å². The van der Waals surface area contributed by atoms with E-state index in [1.165, 1.54) is 6.08 Å². The first-order chi connectivity index (χ1) is 6.56. The van der Waals surface area contributed by atoms with Crippen LogP contribution in [0.5, 0.6) is 0 Å². The number of nitrogens with zero attached hydrogens (tertiary/aromatic N) is 1. The van der Waals surface area contributed by atoms with Crippen molar-refractivity contribution < 1.29 is 19.5 Å². The van der Waals surface area contributed by atoms with Crippen molar-refractivity contribution in [2.75, 3.05) is 6.54 Å². The molecular weight excluding hydrogens is 186 g/mol. The SMILES string of the molecule is CCC1=CC(=O)N(CCC(=O)O)C1=O. The van der Waals surface area contributed by atoms with Crippen LogP contribution < -0.4 is 0 Å². The molecule has 0 aliphatic carbocycles. The van der Waals surface area contributed by atoms with E-state index in [2.05, 4.69) is 0 Å². The van der Waals surface area contributed by atoms with Crippen molar-refractivity contribution in [3.05, 3.63) is 11.6 Å². The Kier molecular flexibility index (Phi) is 3.01. The molecule has 14 heavy (non-hydrogen) atoms. The summed E-state index contributed by atoms with van der Waals surface area (Å²) >= 11 is 0. The minimum Gasteiger partial charge on any atom is -0.481 e. The van der Waals surface area contributed by atoms with Gasteiger partial charge in [0.2, 0.25) is 0 Å². The molecule has 0 unspecified atom stereocenters. The molecule has 5 nitrogen and oxygen atoms in total. The molecule has 1 heterocycles. The second-order valence-corrected chi connectivity index (χ2v) is 2.96. The normalized spacial score (nSPS) is 16.1. The highest BCUT2D eigenvalue weighted by molar-refractivity contribution is 6.16. The third kappa shape index (κ3) is 1.99. The number of carboxylic acid groups (broad SMARTS) is 1. The van der Waals surface area contributed by atoms with E-state index in [0.29, 0.717) is 12.0 Å². The number of imide groups is 1. The standard InChI is InChI=1S/C9H11NO4/c1-2-6-5-7(11)10(9(6)14)4-3-8(12)13/h5H,2-4H2,1H3,(H,12,13). The van der Waals surface area contributed by atoms with Gasteiger partial charge in [0.15, 0.2) is 0 Å². The van der Waals surface area contributed by atoms with Crippen LogP contribution in [0.3, 0.4) is 0 Å². The van der Waals surface area contributed by atoms with Gasteiger partial charge in [0, 0.05) is 18.2 Å². The Balaban J connectivity index is 2.62. The predicted octanol–water partition coefficient (Wildman–Crippen LogP) is 0.166. The van der Waals surface area contributed by atoms with Gasteiger partial charge in [0.1, 0.15) is 0 Å². The molecule has 76 valence electrons. The largest absolute Gasteiger partial charge is 0.481 e. The van der Waals surface area contributed by atoms with Gasteiger partial charge in [-0.25, -0.2) is 0 Å². The van der Waals surface area contributed by atoms with Crippen LogP contribution in [-0.4, -0.2) is 34.3 Å². The van der Waals surface area contributed by atoms with Gasteiger partial charge in [-0.15, -0.1) is 0 Å². The molecular formula is C9H11NO4. The molecule has 0 atom stereocenters. The van der Waals surface area contributed by atoms with Crippen LogP contribution in [0.4, 0.5) is 0 Å². The maximum atomic E-state index is 11.4. The maximum Gasteiger partial charge on any atom is 0.305 e. The average molecular weight is 197 g/mol. The Morgan fingerprint density at radius 3 is 2.57 bits per heavy atom. The highest BCUT2D eigenvalue weighted by Gasteiger charge is 2.29. The molecule has 0 radical (unpaired) electrons. The fourth-order valence-electron chi connectivity index (χ4n) is 1.23. The van der Waals surface area contributed by atoms with E-state index in [4.69, 9.17) is 5.11 Å². The van der Waals surface area contributed by atoms with E-state index in [1.54, 1.807) is 6.92 Å². The minimum absolute atomic E-state index is 0.0486. The molecule has 1 N–H and O–H groups in total. The zero-order valence-corrected chi connectivity index (χ0v) is 7.82. The maximum absolute atomic E-state index is 11.4. The fourth-order valence-corrected chi connectivity index (χ4v) is 1.23. The predicted molar refractivity (Wildman–Crippen MR) is 47.3 cm³/mol. The molecule has 2 amide bonds. The number of rotatable bonds is 4. The van der Waals surface area contributed by atoms with Crippen molar-refractivity contribution in [3.8, 4) is 0 Å². The van der Waals surface area contributed by atoms with Crippen LogP contribution in [0, 0.1) is 0 Å². The molecule has 0 saturated carbocycles. The number of aliphatic carboxylic acids is 1. The summed E-state index contributed by atoms with van der Waals surface area (Å²) in [6.45, 7) is 1.73. The monoisotopic (exact) mass is 197 g/mol. The topological polar surface area (TPSA) is 74.7 Å². The Morgan fingerprint density at radius 2 is 2.14 bits per heavy atom. The van der Waals surface area contributed by atoms with E-state index in [1.807, 2.05) is 0 Å². The number of hydrogen-bond acceptors (Lipinski definition) is 3. The summed E-state index contributed by atoms with van der Waals surface area (Å²) in [6.07, 6.45) is 1.56. The molecule has 5 heteroatoms. The highest BCUT2D eigenvalue weighted by atomic mass is 16.4. The number of hydrogen-bond donors (Lipinski definition) is 1. The average Bonchev–Trinajstić information content (AvgIpc) is 2.39. The van der Waals surface area contributed by atoms with Crippen molar-refractivity contribution >= 4 is 17.8 Å². The van der Waals surface area contributed by atoms with E-state index < -0.39 is 11.9 Å². The van der Waals surface area contributed by atoms with Gasteiger partial charge in [-0.05, 0) is 6.42 Å². The summed E-state index contributed by atoms with van der Waals surface area (Å²) < 4.78 is 0. The van der Waals surface area contributed by atoms with Gasteiger partial charge in [-0.2, -0.15) is 0 Å². The van der Waals surface area contributed by atoms with Crippen LogP contribution in [0.15, 0.2) is 11.6 Å². The van der Waals surface area contributed by atoms with E-state index >= 15 is 0 Å². The quantitative estimate of drug-likeness (QED) is 0.652. The lowest BCUT2D eigenvalue weighted by Gasteiger charge is -2.12. The fraction of sp³-hybridized carbons (Fsp3) is 0.444. The highest BCUT2D eigenvalue weighted by Crippen LogP contribution is 2.15. The lowest BCUT2D eigenvalue weighted by atomic mass is 10.2. The molecule has 0 aromatic heterocycles. The van der Waals surface area contributed by atoms with Crippen molar-refractivity contribution in [1.29, 1.82) is 0 Å². The molecule has 1 rings (SSSR count). The summed E-state index contributed by atoms with van der Waals surface area (Å²) in [5.74, 6) is -1.79. The van der Waals surface area contributed by atoms with Gasteiger partial charge < -0.3 is 5.11 Å². The smallest absolute Gasteiger partial charge is 0.305 e. The molecule has 0 spiro atoms. The second kappa shape index (κ2) is 4.04. The summed E-state index contributed by atoms with van der Waals surface area (Å²) in [4.78, 5) is 33.8. The second-order valence-electron chi connectivity index (χ2n) is 2.96. The van der Waals surface area contributed by atoms with Gasteiger partial charge in [0.25, 0.3) is 11.8 Å². The van der Waals surface area contributed by atoms with Gasteiger partial charge >= 0.3 is 5.97 Å². The number of amides is 2. The Hall–Kier alpha value is -1.65. The number of carboxylic acids is 1. The summed E-state index contributed by atoms with van der Waals surface area (Å²) in [7, 11) is 0. The molecule has 0 aromatic rings. The van der Waals surface area contributed by atoms with Crippen LogP contribution in [0.25, 0.3) is 0 Å². The van der Waals surface area contributed by atoms with Gasteiger partial charge in [-0.3, -0.25) is 19.3 Å². The number of carbonyl (C=O) groups is 3. The Morgan fingerprint density at radius 1 is 1.50 bits per heavy atom. The first-order valence-corrected chi connectivity index (χ1v) is 4.34. The number of carbonyl (C=O) groups excluding carboxylic acids is 2. The van der Waals surface area contributed by atoms with Crippen LogP contribution in [0.2, 0.25) is 0 Å². The minimum atomic E-state index is -1.02. The van der Waals surface area contributed by atoms with Crippen molar-refractivity contribution in [2.24, 2.45) is 0 Å². The third-order valence-corrected chi connectivity index (χ3v) is 2.01. The van der Waals surface area contributed by atoms with Crippen molar-refractivity contribution in [2.45, 2.75) is 19.8 Å². The molecule has 0 bridgehead atoms. The Bertz CT molecular complexity index is 319. The zero-order valence-electron chi connectivity index (χ0n) is 7.82. The first kappa shape index (κ1) is 10.4. The first-order valence-electron chi connectivity index (χ1n) is 4.34. The summed E-state index contributed by atoms with van der Waals surface area (Å²) in [5, 5.41) is 8.40. The van der Waals surface area contributed by atoms with Gasteiger partial charge in [0.05, 0.1) is 6.42 Å². The molecule has 0 saturated heterocycles. The molecule has 0 fully saturated rings. The lowest BCUT2D eigenvalue weighted by molar-refractivity contribution is -0.140. The summed E-state index contributed by atoms with van der Waals surface area (Å²) in [5.41, 5.74) is 0.445. The molecule has 1 aliphatic rings. The van der Waals surface area contributed by atoms with Crippen LogP contribution in [-0.2, 0) is 14.4 Å². The van der Waals surface area contributed by atoms with Crippen molar-refractivity contribution in [3.63, 3.8) is 0 Å². The Labute approximate surface area is 81.0 Å². The molecule has 1 aliphatic heterocycles. The van der Waals surface area contributed by atoms with E-state index in [9.17, 15) is 14.4 Å². The van der Waals surface area contributed by atoms with Gasteiger partial charge in [-0.1, -0.05) is 6.92 Å². The zero-order chi connectivity index (χ0) is 10.7.